The van der Waals surface area contributed by atoms with Gasteiger partial charge in [0.25, 0.3) is 5.69 Å². The van der Waals surface area contributed by atoms with Crippen LogP contribution in [0.2, 0.25) is 0 Å². The largest absolute Gasteiger partial charge is 0.404 e. The van der Waals surface area contributed by atoms with Crippen LogP contribution >= 0.6 is 0 Å². The predicted octanol–water partition coefficient (Wildman–Crippen LogP) is 2.56. The molecule has 0 aliphatic rings. The van der Waals surface area contributed by atoms with Crippen molar-refractivity contribution in [2.24, 2.45) is 0 Å². The monoisotopic (exact) mass is 299 g/mol. The molecule has 22 heavy (non-hydrogen) atoms. The van der Waals surface area contributed by atoms with E-state index in [2.05, 4.69) is 5.10 Å². The first-order chi connectivity index (χ1) is 10.5. The van der Waals surface area contributed by atoms with Gasteiger partial charge in [0.1, 0.15) is 0 Å². The van der Waals surface area contributed by atoms with Gasteiger partial charge in [-0.2, -0.15) is 5.10 Å². The second-order valence-corrected chi connectivity index (χ2v) is 5.10. The molecule has 0 saturated heterocycles. The summed E-state index contributed by atoms with van der Waals surface area (Å²) in [6, 6.07) is 7.64. The number of nitrogens with zero attached hydrogens (tertiary/aromatic N) is 3. The van der Waals surface area contributed by atoms with Crippen molar-refractivity contribution in [3.8, 4) is 0 Å². The highest BCUT2D eigenvalue weighted by Gasteiger charge is 2.14. The van der Waals surface area contributed by atoms with Gasteiger partial charge in [-0.05, 0) is 25.0 Å². The molecule has 112 valence electrons. The number of benzene rings is 1. The number of fused-ring (bicyclic) bond motifs is 1. The van der Waals surface area contributed by atoms with Crippen LogP contribution in [0.25, 0.3) is 11.1 Å². The minimum absolute atomic E-state index is 0.0348. The lowest BCUT2D eigenvalue weighted by Gasteiger charge is -2.03. The third-order valence-electron chi connectivity index (χ3n) is 3.49. The van der Waals surface area contributed by atoms with Gasteiger partial charge in [0, 0.05) is 18.2 Å². The first kappa shape index (κ1) is 14.0. The third kappa shape index (κ3) is 2.37. The fourth-order valence-corrected chi connectivity index (χ4v) is 2.49. The minimum Gasteiger partial charge on any atom is -0.404 e. The van der Waals surface area contributed by atoms with E-state index in [0.29, 0.717) is 12.3 Å². The van der Waals surface area contributed by atoms with Crippen molar-refractivity contribution >= 4 is 16.8 Å². The Hall–Kier alpha value is -2.96. The molecule has 0 unspecified atom stereocenters. The summed E-state index contributed by atoms with van der Waals surface area (Å²) in [4.78, 5) is 21.8. The fourth-order valence-electron chi connectivity index (χ4n) is 2.49. The SMILES string of the molecule is Cc1cc(=O)oc2c1c(C)nn2Cc1ccc([N+](=O)[O-])cc1. The highest BCUT2D eigenvalue weighted by Crippen LogP contribution is 2.21. The number of nitro benzene ring substituents is 1. The average Bonchev–Trinajstić information content (AvgIpc) is 2.75. The Labute approximate surface area is 124 Å². The van der Waals surface area contributed by atoms with E-state index in [1.165, 1.54) is 18.2 Å². The molecule has 7 nitrogen and oxygen atoms in total. The molecule has 0 atom stereocenters. The quantitative estimate of drug-likeness (QED) is 0.547. The molecule has 0 amide bonds. The number of hydrogen-bond acceptors (Lipinski definition) is 5. The molecule has 0 N–H and O–H groups in total. The van der Waals surface area contributed by atoms with E-state index in [1.54, 1.807) is 16.8 Å². The zero-order chi connectivity index (χ0) is 15.9. The van der Waals surface area contributed by atoms with Crippen LogP contribution in [0.4, 0.5) is 5.69 Å². The lowest BCUT2D eigenvalue weighted by molar-refractivity contribution is -0.384. The van der Waals surface area contributed by atoms with Gasteiger partial charge in [-0.15, -0.1) is 0 Å². The lowest BCUT2D eigenvalue weighted by atomic mass is 10.2. The van der Waals surface area contributed by atoms with Gasteiger partial charge >= 0.3 is 5.63 Å². The maximum absolute atomic E-state index is 11.6. The summed E-state index contributed by atoms with van der Waals surface area (Å²) in [6.07, 6.45) is 0. The summed E-state index contributed by atoms with van der Waals surface area (Å²) < 4.78 is 6.86. The van der Waals surface area contributed by atoms with Crippen molar-refractivity contribution in [2.45, 2.75) is 20.4 Å². The zero-order valence-corrected chi connectivity index (χ0v) is 12.1. The van der Waals surface area contributed by atoms with Crippen molar-refractivity contribution in [3.63, 3.8) is 0 Å². The highest BCUT2D eigenvalue weighted by atomic mass is 16.6. The molecule has 0 aliphatic heterocycles. The van der Waals surface area contributed by atoms with Crippen LogP contribution in [0.1, 0.15) is 16.8 Å². The van der Waals surface area contributed by atoms with Crippen molar-refractivity contribution in [2.75, 3.05) is 0 Å². The van der Waals surface area contributed by atoms with Crippen molar-refractivity contribution in [3.05, 3.63) is 67.7 Å². The molecule has 0 saturated carbocycles. The van der Waals surface area contributed by atoms with Gasteiger partial charge in [0.05, 0.1) is 22.5 Å². The van der Waals surface area contributed by atoms with E-state index < -0.39 is 10.5 Å². The molecule has 0 radical (unpaired) electrons. The minimum atomic E-state index is -0.445. The number of nitro groups is 1. The Bertz CT molecular complexity index is 922. The number of aromatic nitrogens is 2. The van der Waals surface area contributed by atoms with Crippen molar-refractivity contribution < 1.29 is 9.34 Å². The highest BCUT2D eigenvalue weighted by molar-refractivity contribution is 5.80. The summed E-state index contributed by atoms with van der Waals surface area (Å²) in [5.74, 6) is 0. The van der Waals surface area contributed by atoms with Gasteiger partial charge in [-0.25, -0.2) is 9.48 Å². The Balaban J connectivity index is 2.04. The summed E-state index contributed by atoms with van der Waals surface area (Å²) in [6.45, 7) is 4.06. The van der Waals surface area contributed by atoms with Crippen molar-refractivity contribution in [1.82, 2.24) is 9.78 Å². The van der Waals surface area contributed by atoms with Gasteiger partial charge in [0.15, 0.2) is 0 Å². The molecule has 7 heteroatoms. The second kappa shape index (κ2) is 5.10. The van der Waals surface area contributed by atoms with E-state index >= 15 is 0 Å². The van der Waals surface area contributed by atoms with E-state index in [0.717, 1.165) is 22.2 Å². The first-order valence-corrected chi connectivity index (χ1v) is 6.67. The molecule has 0 spiro atoms. The molecule has 2 heterocycles. The van der Waals surface area contributed by atoms with E-state index in [-0.39, 0.29) is 5.69 Å². The Kier molecular flexibility index (Phi) is 3.25. The van der Waals surface area contributed by atoms with Gasteiger partial charge in [-0.3, -0.25) is 10.1 Å². The first-order valence-electron chi connectivity index (χ1n) is 6.67. The zero-order valence-electron chi connectivity index (χ0n) is 12.1. The molecule has 3 aromatic rings. The van der Waals surface area contributed by atoms with Crippen molar-refractivity contribution in [1.29, 1.82) is 0 Å². The van der Waals surface area contributed by atoms with Gasteiger partial charge in [0.2, 0.25) is 5.71 Å². The molecule has 2 aromatic heterocycles. The van der Waals surface area contributed by atoms with Crippen LogP contribution in [-0.4, -0.2) is 14.7 Å². The maximum atomic E-state index is 11.6. The van der Waals surface area contributed by atoms with Crippen LogP contribution in [0.15, 0.2) is 39.5 Å². The summed E-state index contributed by atoms with van der Waals surface area (Å²) >= 11 is 0. The maximum Gasteiger partial charge on any atom is 0.337 e. The van der Waals surface area contributed by atoms with E-state index in [4.69, 9.17) is 4.42 Å². The summed E-state index contributed by atoms with van der Waals surface area (Å²) in [5, 5.41) is 15.9. The molecular formula is C15H13N3O4. The lowest BCUT2D eigenvalue weighted by Crippen LogP contribution is -2.05. The second-order valence-electron chi connectivity index (χ2n) is 5.10. The van der Waals surface area contributed by atoms with E-state index in [9.17, 15) is 14.9 Å². The molecule has 3 rings (SSSR count). The average molecular weight is 299 g/mol. The number of non-ortho nitro benzene ring substituents is 1. The predicted molar refractivity (Wildman–Crippen MR) is 79.9 cm³/mol. The third-order valence-corrected chi connectivity index (χ3v) is 3.49. The summed E-state index contributed by atoms with van der Waals surface area (Å²) in [7, 11) is 0. The fraction of sp³-hybridized carbons (Fsp3) is 0.200. The number of rotatable bonds is 3. The van der Waals surface area contributed by atoms with Crippen LogP contribution in [0.5, 0.6) is 0 Å². The molecule has 1 aromatic carbocycles. The van der Waals surface area contributed by atoms with Crippen LogP contribution in [0.3, 0.4) is 0 Å². The normalized spacial score (nSPS) is 11.0. The van der Waals surface area contributed by atoms with Crippen LogP contribution in [0, 0.1) is 24.0 Å². The molecule has 0 aliphatic carbocycles. The Morgan fingerprint density at radius 1 is 1.27 bits per heavy atom. The summed E-state index contributed by atoms with van der Waals surface area (Å²) in [5.41, 5.74) is 2.46. The standard InChI is InChI=1S/C15H13N3O4/c1-9-7-13(19)22-15-14(9)10(2)16-17(15)8-11-3-5-12(6-4-11)18(20)21/h3-7H,8H2,1-2H3. The van der Waals surface area contributed by atoms with Crippen LogP contribution < -0.4 is 5.63 Å². The van der Waals surface area contributed by atoms with Gasteiger partial charge < -0.3 is 4.42 Å². The number of hydrogen-bond donors (Lipinski definition) is 0. The topological polar surface area (TPSA) is 91.2 Å². The molecular weight excluding hydrogens is 286 g/mol. The smallest absolute Gasteiger partial charge is 0.337 e. The molecule has 0 fully saturated rings. The Morgan fingerprint density at radius 3 is 2.59 bits per heavy atom. The van der Waals surface area contributed by atoms with Crippen LogP contribution in [-0.2, 0) is 6.54 Å². The van der Waals surface area contributed by atoms with E-state index in [1.807, 2.05) is 13.8 Å². The number of aryl methyl sites for hydroxylation is 2. The Morgan fingerprint density at radius 2 is 1.95 bits per heavy atom. The molecule has 0 bridgehead atoms. The van der Waals surface area contributed by atoms with Gasteiger partial charge in [-0.1, -0.05) is 12.1 Å².